The molecule has 0 atom stereocenters. The first-order valence-electron chi connectivity index (χ1n) is 7.09. The van der Waals surface area contributed by atoms with E-state index in [4.69, 9.17) is 4.98 Å². The Hall–Kier alpha value is -1.42. The van der Waals surface area contributed by atoms with Gasteiger partial charge in [0.1, 0.15) is 11.6 Å². The molecule has 0 amide bonds. The molecule has 20 heavy (non-hydrogen) atoms. The summed E-state index contributed by atoms with van der Waals surface area (Å²) in [5.41, 5.74) is 1.36. The van der Waals surface area contributed by atoms with Gasteiger partial charge in [-0.15, -0.1) is 0 Å². The van der Waals surface area contributed by atoms with E-state index in [1.165, 1.54) is 5.56 Å². The van der Waals surface area contributed by atoms with E-state index >= 15 is 0 Å². The van der Waals surface area contributed by atoms with Gasteiger partial charge in [-0.2, -0.15) is 0 Å². The van der Waals surface area contributed by atoms with E-state index in [2.05, 4.69) is 63.5 Å². The molecular weight excluding hydrogens is 314 g/mol. The van der Waals surface area contributed by atoms with Crippen molar-refractivity contribution >= 4 is 21.7 Å². The van der Waals surface area contributed by atoms with Crippen LogP contribution in [0.15, 0.2) is 41.0 Å². The summed E-state index contributed by atoms with van der Waals surface area (Å²) in [5, 5.41) is 3.36. The lowest BCUT2D eigenvalue weighted by Crippen LogP contribution is -2.15. The van der Waals surface area contributed by atoms with Crippen LogP contribution in [0.1, 0.15) is 37.6 Å². The van der Waals surface area contributed by atoms with Gasteiger partial charge >= 0.3 is 0 Å². The summed E-state index contributed by atoms with van der Waals surface area (Å²) in [5.74, 6) is 1.84. The van der Waals surface area contributed by atoms with Crippen molar-refractivity contribution in [3.8, 4) is 0 Å². The second kappa shape index (κ2) is 5.52. The first kappa shape index (κ1) is 13.6. The summed E-state index contributed by atoms with van der Waals surface area (Å²) in [7, 11) is 0. The normalized spacial score (nSPS) is 15.9. The molecule has 0 aliphatic heterocycles. The van der Waals surface area contributed by atoms with Gasteiger partial charge in [0.05, 0.1) is 9.89 Å². The number of aromatic nitrogens is 2. The van der Waals surface area contributed by atoms with Crippen LogP contribution in [-0.2, 0) is 5.41 Å². The smallest absolute Gasteiger partial charge is 0.144 e. The van der Waals surface area contributed by atoms with Crippen LogP contribution in [0.3, 0.4) is 0 Å². The number of anilines is 1. The fourth-order valence-corrected chi connectivity index (χ4v) is 2.82. The van der Waals surface area contributed by atoms with Crippen LogP contribution in [0.25, 0.3) is 0 Å². The molecule has 1 aromatic heterocycles. The molecule has 104 valence electrons. The SMILES string of the molecule is CCCNc1nc(C2(c3ccccc3)CC2)ncc1Br. The van der Waals surface area contributed by atoms with Gasteiger partial charge in [-0.1, -0.05) is 37.3 Å². The molecule has 0 saturated heterocycles. The third-order valence-electron chi connectivity index (χ3n) is 3.79. The third-order valence-corrected chi connectivity index (χ3v) is 4.37. The second-order valence-electron chi connectivity index (χ2n) is 5.27. The molecule has 3 rings (SSSR count). The van der Waals surface area contributed by atoms with Crippen LogP contribution in [0, 0.1) is 0 Å². The minimum absolute atomic E-state index is 0.0323. The molecule has 0 bridgehead atoms. The molecule has 4 heteroatoms. The Kier molecular flexibility index (Phi) is 3.74. The molecule has 3 nitrogen and oxygen atoms in total. The molecule has 1 N–H and O–H groups in total. The zero-order chi connectivity index (χ0) is 14.0. The van der Waals surface area contributed by atoms with Gasteiger partial charge in [0.15, 0.2) is 0 Å². The Labute approximate surface area is 128 Å². The van der Waals surface area contributed by atoms with E-state index in [-0.39, 0.29) is 5.41 Å². The highest BCUT2D eigenvalue weighted by atomic mass is 79.9. The minimum Gasteiger partial charge on any atom is -0.369 e. The molecule has 0 unspecified atom stereocenters. The zero-order valence-corrected chi connectivity index (χ0v) is 13.2. The highest BCUT2D eigenvalue weighted by Gasteiger charge is 2.48. The number of hydrogen-bond acceptors (Lipinski definition) is 3. The van der Waals surface area contributed by atoms with Crippen LogP contribution in [0.4, 0.5) is 5.82 Å². The molecule has 0 spiro atoms. The summed E-state index contributed by atoms with van der Waals surface area (Å²) in [6, 6.07) is 10.6. The van der Waals surface area contributed by atoms with E-state index in [1.54, 1.807) is 0 Å². The Balaban J connectivity index is 1.94. The lowest BCUT2D eigenvalue weighted by atomic mass is 9.95. The quantitative estimate of drug-likeness (QED) is 0.894. The van der Waals surface area contributed by atoms with Crippen LogP contribution in [0.2, 0.25) is 0 Å². The topological polar surface area (TPSA) is 37.8 Å². The largest absolute Gasteiger partial charge is 0.369 e. The zero-order valence-electron chi connectivity index (χ0n) is 11.6. The van der Waals surface area contributed by atoms with E-state index < -0.39 is 0 Å². The van der Waals surface area contributed by atoms with Crippen molar-refractivity contribution in [1.29, 1.82) is 0 Å². The number of rotatable bonds is 5. The van der Waals surface area contributed by atoms with Gasteiger partial charge in [0.2, 0.25) is 0 Å². The molecule has 1 fully saturated rings. The first-order valence-corrected chi connectivity index (χ1v) is 7.88. The van der Waals surface area contributed by atoms with Crippen molar-refractivity contribution in [2.75, 3.05) is 11.9 Å². The van der Waals surface area contributed by atoms with Gasteiger partial charge in [0.25, 0.3) is 0 Å². The van der Waals surface area contributed by atoms with Crippen molar-refractivity contribution in [2.45, 2.75) is 31.6 Å². The Bertz CT molecular complexity index is 594. The predicted octanol–water partition coefficient (Wildman–Crippen LogP) is 4.14. The lowest BCUT2D eigenvalue weighted by molar-refractivity contribution is 0.752. The molecule has 1 aromatic carbocycles. The van der Waals surface area contributed by atoms with Crippen LogP contribution in [-0.4, -0.2) is 16.5 Å². The van der Waals surface area contributed by atoms with Gasteiger partial charge in [-0.3, -0.25) is 0 Å². The Morgan fingerprint density at radius 1 is 1.25 bits per heavy atom. The Morgan fingerprint density at radius 3 is 2.65 bits per heavy atom. The monoisotopic (exact) mass is 331 g/mol. The average Bonchev–Trinajstić information content (AvgIpc) is 3.29. The van der Waals surface area contributed by atoms with Crippen LogP contribution >= 0.6 is 15.9 Å². The molecule has 0 radical (unpaired) electrons. The van der Waals surface area contributed by atoms with Crippen molar-refractivity contribution in [3.63, 3.8) is 0 Å². The first-order chi connectivity index (χ1) is 9.76. The Morgan fingerprint density at radius 2 is 2.00 bits per heavy atom. The fourth-order valence-electron chi connectivity index (χ4n) is 2.49. The average molecular weight is 332 g/mol. The maximum Gasteiger partial charge on any atom is 0.144 e. The van der Waals surface area contributed by atoms with Gasteiger partial charge in [-0.05, 0) is 40.8 Å². The van der Waals surface area contributed by atoms with E-state index in [0.29, 0.717) is 0 Å². The van der Waals surface area contributed by atoms with Gasteiger partial charge in [-0.25, -0.2) is 9.97 Å². The summed E-state index contributed by atoms with van der Waals surface area (Å²) in [6.45, 7) is 3.07. The van der Waals surface area contributed by atoms with E-state index in [0.717, 1.165) is 41.9 Å². The summed E-state index contributed by atoms with van der Waals surface area (Å²) >= 11 is 3.52. The molecule has 1 aliphatic carbocycles. The molecule has 1 saturated carbocycles. The molecule has 1 aliphatic rings. The maximum absolute atomic E-state index is 4.75. The van der Waals surface area contributed by atoms with Crippen molar-refractivity contribution < 1.29 is 0 Å². The van der Waals surface area contributed by atoms with E-state index in [1.807, 2.05) is 6.20 Å². The van der Waals surface area contributed by atoms with Crippen LogP contribution < -0.4 is 5.32 Å². The highest BCUT2D eigenvalue weighted by Crippen LogP contribution is 2.52. The van der Waals surface area contributed by atoms with Crippen molar-refractivity contribution in [1.82, 2.24) is 9.97 Å². The van der Waals surface area contributed by atoms with Gasteiger partial charge in [0, 0.05) is 12.7 Å². The number of hydrogen-bond donors (Lipinski definition) is 1. The standard InChI is InChI=1S/C16H18BrN3/c1-2-10-18-14-13(17)11-19-15(20-14)16(8-9-16)12-6-4-3-5-7-12/h3-7,11H,2,8-10H2,1H3,(H,18,19,20). The predicted molar refractivity (Wildman–Crippen MR) is 85.0 cm³/mol. The molecule has 2 aromatic rings. The van der Waals surface area contributed by atoms with Gasteiger partial charge < -0.3 is 5.32 Å². The lowest BCUT2D eigenvalue weighted by Gasteiger charge is -2.16. The molecular formula is C16H18BrN3. The summed E-state index contributed by atoms with van der Waals surface area (Å²) < 4.78 is 0.929. The summed E-state index contributed by atoms with van der Waals surface area (Å²) in [6.07, 6.45) is 5.21. The van der Waals surface area contributed by atoms with E-state index in [9.17, 15) is 0 Å². The minimum atomic E-state index is 0.0323. The molecule has 1 heterocycles. The number of halogens is 1. The van der Waals surface area contributed by atoms with Crippen LogP contribution in [0.5, 0.6) is 0 Å². The number of nitrogens with one attached hydrogen (secondary N) is 1. The third kappa shape index (κ3) is 2.44. The maximum atomic E-state index is 4.75. The van der Waals surface area contributed by atoms with Crippen molar-refractivity contribution in [2.24, 2.45) is 0 Å². The fraction of sp³-hybridized carbons (Fsp3) is 0.375. The highest BCUT2D eigenvalue weighted by molar-refractivity contribution is 9.10. The summed E-state index contributed by atoms with van der Waals surface area (Å²) in [4.78, 5) is 9.31. The van der Waals surface area contributed by atoms with Crippen molar-refractivity contribution in [3.05, 3.63) is 52.4 Å². The number of benzene rings is 1. The second-order valence-corrected chi connectivity index (χ2v) is 6.12. The number of nitrogens with zero attached hydrogens (tertiary/aromatic N) is 2.